The normalized spacial score (nSPS) is 44.1. The van der Waals surface area contributed by atoms with Crippen LogP contribution in [0.1, 0.15) is 24.7 Å². The van der Waals surface area contributed by atoms with Crippen molar-refractivity contribution >= 4 is 0 Å². The fourth-order valence-corrected chi connectivity index (χ4v) is 3.37. The number of nitrogens with zero attached hydrogens (tertiary/aromatic N) is 4. The summed E-state index contributed by atoms with van der Waals surface area (Å²) in [6.45, 7) is 8.63. The number of ether oxygens (including phenoxy) is 1. The van der Waals surface area contributed by atoms with E-state index in [0.717, 1.165) is 38.5 Å². The van der Waals surface area contributed by atoms with Gasteiger partial charge in [-0.3, -0.25) is 9.80 Å². The van der Waals surface area contributed by atoms with Crippen LogP contribution in [-0.4, -0.2) is 71.9 Å². The van der Waals surface area contributed by atoms with Gasteiger partial charge in [-0.25, -0.2) is 0 Å². The number of hydrogen-bond donors (Lipinski definition) is 1. The zero-order valence-corrected chi connectivity index (χ0v) is 11.8. The molecule has 0 spiro atoms. The van der Waals surface area contributed by atoms with Crippen LogP contribution in [0.15, 0.2) is 4.52 Å². The standard InChI is InChI=1S/C13H21N5O2/c1-13(8-19-7-10(13)14)12-15-11(16-20-12)9-6-17-2-4-18(9)5-3-17/h9-10H,2-8,14H2,1H3. The second-order valence-corrected chi connectivity index (χ2v) is 6.35. The molecule has 0 aliphatic carbocycles. The maximum atomic E-state index is 6.12. The maximum Gasteiger partial charge on any atom is 0.236 e. The molecule has 110 valence electrons. The second-order valence-electron chi connectivity index (χ2n) is 6.35. The molecule has 0 aromatic carbocycles. The van der Waals surface area contributed by atoms with Gasteiger partial charge in [0.2, 0.25) is 5.89 Å². The average molecular weight is 279 g/mol. The molecule has 7 heteroatoms. The fourth-order valence-electron chi connectivity index (χ4n) is 3.37. The summed E-state index contributed by atoms with van der Waals surface area (Å²) in [5, 5.41) is 4.22. The van der Waals surface area contributed by atoms with E-state index in [9.17, 15) is 0 Å². The van der Waals surface area contributed by atoms with Gasteiger partial charge in [-0.15, -0.1) is 0 Å². The average Bonchev–Trinajstić information content (AvgIpc) is 3.09. The van der Waals surface area contributed by atoms with E-state index in [1.165, 1.54) is 0 Å². The topological polar surface area (TPSA) is 80.7 Å². The first-order valence-corrected chi connectivity index (χ1v) is 7.30. The number of fused-ring (bicyclic) bond motifs is 3. The van der Waals surface area contributed by atoms with Crippen LogP contribution in [0.5, 0.6) is 0 Å². The number of hydrogen-bond acceptors (Lipinski definition) is 7. The smallest absolute Gasteiger partial charge is 0.236 e. The van der Waals surface area contributed by atoms with Crippen LogP contribution in [-0.2, 0) is 10.2 Å². The fraction of sp³-hybridized carbons (Fsp3) is 0.846. The van der Waals surface area contributed by atoms with Gasteiger partial charge in [-0.1, -0.05) is 5.16 Å². The van der Waals surface area contributed by atoms with Gasteiger partial charge in [0.25, 0.3) is 0 Å². The van der Waals surface area contributed by atoms with Crippen LogP contribution in [0, 0.1) is 0 Å². The van der Waals surface area contributed by atoms with E-state index in [-0.39, 0.29) is 17.5 Å². The first-order chi connectivity index (χ1) is 9.67. The van der Waals surface area contributed by atoms with E-state index in [4.69, 9.17) is 15.0 Å². The third-order valence-electron chi connectivity index (χ3n) is 5.02. The van der Waals surface area contributed by atoms with Gasteiger partial charge in [-0.2, -0.15) is 4.98 Å². The van der Waals surface area contributed by atoms with Crippen molar-refractivity contribution in [2.45, 2.75) is 24.4 Å². The highest BCUT2D eigenvalue weighted by atomic mass is 16.5. The molecule has 7 nitrogen and oxygen atoms in total. The summed E-state index contributed by atoms with van der Waals surface area (Å²) in [6, 6.07) is 0.180. The Bertz CT molecular complexity index is 499. The molecular formula is C13H21N5O2. The van der Waals surface area contributed by atoms with E-state index < -0.39 is 0 Å². The molecule has 1 aromatic heterocycles. The molecule has 5 heterocycles. The third-order valence-corrected chi connectivity index (χ3v) is 5.02. The van der Waals surface area contributed by atoms with E-state index in [1.807, 2.05) is 6.92 Å². The maximum absolute atomic E-state index is 6.12. The molecule has 0 saturated carbocycles. The lowest BCUT2D eigenvalue weighted by molar-refractivity contribution is 0.00781. The van der Waals surface area contributed by atoms with Crippen LogP contribution < -0.4 is 5.73 Å². The Morgan fingerprint density at radius 3 is 2.70 bits per heavy atom. The molecule has 4 aliphatic heterocycles. The highest BCUT2D eigenvalue weighted by Crippen LogP contribution is 2.33. The van der Waals surface area contributed by atoms with Crippen molar-refractivity contribution < 1.29 is 9.26 Å². The summed E-state index contributed by atoms with van der Waals surface area (Å²) in [6.07, 6.45) is 0. The van der Waals surface area contributed by atoms with Crippen LogP contribution >= 0.6 is 0 Å². The summed E-state index contributed by atoms with van der Waals surface area (Å²) in [5.41, 5.74) is 5.77. The molecule has 3 atom stereocenters. The second kappa shape index (κ2) is 4.49. The van der Waals surface area contributed by atoms with Crippen molar-refractivity contribution in [3.8, 4) is 0 Å². The molecule has 0 amide bonds. The molecule has 4 aliphatic rings. The van der Waals surface area contributed by atoms with E-state index in [2.05, 4.69) is 19.9 Å². The Morgan fingerprint density at radius 2 is 2.10 bits per heavy atom. The molecule has 2 bridgehead atoms. The van der Waals surface area contributed by atoms with Gasteiger partial charge in [0.1, 0.15) is 0 Å². The quantitative estimate of drug-likeness (QED) is 0.771. The summed E-state index contributed by atoms with van der Waals surface area (Å²) in [4.78, 5) is 9.56. The molecule has 5 rings (SSSR count). The molecular weight excluding hydrogens is 258 g/mol. The van der Waals surface area contributed by atoms with E-state index in [1.54, 1.807) is 0 Å². The lowest BCUT2D eigenvalue weighted by Gasteiger charge is -2.46. The van der Waals surface area contributed by atoms with Gasteiger partial charge in [-0.05, 0) is 6.92 Å². The van der Waals surface area contributed by atoms with Crippen molar-refractivity contribution in [3.05, 3.63) is 11.7 Å². The van der Waals surface area contributed by atoms with Gasteiger partial charge in [0.05, 0.1) is 24.7 Å². The Kier molecular flexibility index (Phi) is 2.85. The predicted molar refractivity (Wildman–Crippen MR) is 71.2 cm³/mol. The molecule has 0 radical (unpaired) electrons. The summed E-state index contributed by atoms with van der Waals surface area (Å²) in [5.74, 6) is 1.42. The zero-order chi connectivity index (χ0) is 13.7. The van der Waals surface area contributed by atoms with Gasteiger partial charge < -0.3 is 15.0 Å². The van der Waals surface area contributed by atoms with Gasteiger partial charge in [0.15, 0.2) is 5.82 Å². The lowest BCUT2D eigenvalue weighted by atomic mass is 9.86. The minimum Gasteiger partial charge on any atom is -0.379 e. The first kappa shape index (κ1) is 12.7. The van der Waals surface area contributed by atoms with Crippen molar-refractivity contribution in [3.63, 3.8) is 0 Å². The monoisotopic (exact) mass is 279 g/mol. The predicted octanol–water partition coefficient (Wildman–Crippen LogP) is -0.643. The summed E-state index contributed by atoms with van der Waals surface area (Å²) in [7, 11) is 0. The highest BCUT2D eigenvalue weighted by Gasteiger charge is 2.45. The number of nitrogens with two attached hydrogens (primary N) is 1. The van der Waals surface area contributed by atoms with Crippen molar-refractivity contribution in [2.75, 3.05) is 45.9 Å². The summed E-state index contributed by atoms with van der Waals surface area (Å²) < 4.78 is 11.0. The van der Waals surface area contributed by atoms with E-state index in [0.29, 0.717) is 19.1 Å². The molecule has 2 N–H and O–H groups in total. The first-order valence-electron chi connectivity index (χ1n) is 7.30. The van der Waals surface area contributed by atoms with Crippen molar-refractivity contribution in [1.82, 2.24) is 19.9 Å². The van der Waals surface area contributed by atoms with Gasteiger partial charge in [0, 0.05) is 38.8 Å². The molecule has 3 unspecified atom stereocenters. The lowest BCUT2D eigenvalue weighted by Crippen LogP contribution is -2.57. The zero-order valence-electron chi connectivity index (χ0n) is 11.8. The molecule has 4 saturated heterocycles. The third kappa shape index (κ3) is 1.81. The van der Waals surface area contributed by atoms with Gasteiger partial charge >= 0.3 is 0 Å². The number of piperazine rings is 3. The SMILES string of the molecule is CC1(c2nc(C3CN4CCN3CC4)no2)COCC1N. The summed E-state index contributed by atoms with van der Waals surface area (Å²) >= 11 is 0. The van der Waals surface area contributed by atoms with Crippen LogP contribution in [0.2, 0.25) is 0 Å². The van der Waals surface area contributed by atoms with E-state index >= 15 is 0 Å². The number of aromatic nitrogens is 2. The minimum absolute atomic E-state index is 0.0809. The Balaban J connectivity index is 1.59. The largest absolute Gasteiger partial charge is 0.379 e. The molecule has 20 heavy (non-hydrogen) atoms. The minimum atomic E-state index is -0.353. The molecule has 4 fully saturated rings. The van der Waals surface area contributed by atoms with Crippen LogP contribution in [0.25, 0.3) is 0 Å². The Hall–Kier alpha value is -1.02. The van der Waals surface area contributed by atoms with Crippen molar-refractivity contribution in [2.24, 2.45) is 5.73 Å². The molecule has 1 aromatic rings. The highest BCUT2D eigenvalue weighted by molar-refractivity contribution is 5.13. The van der Waals surface area contributed by atoms with Crippen LogP contribution in [0.3, 0.4) is 0 Å². The van der Waals surface area contributed by atoms with Crippen LogP contribution in [0.4, 0.5) is 0 Å². The Morgan fingerprint density at radius 1 is 1.30 bits per heavy atom. The Labute approximate surface area is 118 Å². The number of rotatable bonds is 2. The van der Waals surface area contributed by atoms with Crippen molar-refractivity contribution in [1.29, 1.82) is 0 Å².